The molecule has 0 aromatic heterocycles. The number of likely N-dealkylation sites (N-methyl/N-ethyl adjacent to an activating group) is 1. The van der Waals surface area contributed by atoms with Crippen LogP contribution in [0.25, 0.3) is 0 Å². The molecule has 1 fully saturated rings. The highest BCUT2D eigenvalue weighted by molar-refractivity contribution is 7.98. The Hall–Kier alpha value is 0.270. The minimum atomic E-state index is 0.273. The first-order valence-corrected chi connectivity index (χ1v) is 8.94. The summed E-state index contributed by atoms with van der Waals surface area (Å²) < 4.78 is 0. The van der Waals surface area contributed by atoms with Crippen molar-refractivity contribution in [3.8, 4) is 0 Å². The third kappa shape index (κ3) is 3.64. The maximum atomic E-state index is 6.20. The summed E-state index contributed by atoms with van der Waals surface area (Å²) in [7, 11) is 2.31. The normalized spacial score (nSPS) is 30.7. The van der Waals surface area contributed by atoms with E-state index in [9.17, 15) is 0 Å². The number of hydrogen-bond acceptors (Lipinski definition) is 3. The lowest BCUT2D eigenvalue weighted by Crippen LogP contribution is -2.58. The Morgan fingerprint density at radius 2 is 2.17 bits per heavy atom. The lowest BCUT2D eigenvalue weighted by atomic mass is 9.73. The second-order valence-electron chi connectivity index (χ2n) is 5.93. The largest absolute Gasteiger partial charge is 0.329 e. The van der Waals surface area contributed by atoms with Crippen molar-refractivity contribution < 1.29 is 0 Å². The van der Waals surface area contributed by atoms with Gasteiger partial charge < -0.3 is 5.73 Å². The van der Waals surface area contributed by atoms with Crippen molar-refractivity contribution in [3.05, 3.63) is 0 Å². The predicted octanol–water partition coefficient (Wildman–Crippen LogP) is 3.36. The van der Waals surface area contributed by atoms with Crippen molar-refractivity contribution in [2.75, 3.05) is 25.6 Å². The fourth-order valence-electron chi connectivity index (χ4n) is 3.54. The molecular formula is C15H32N2S. The summed E-state index contributed by atoms with van der Waals surface area (Å²) in [6.45, 7) is 5.46. The second kappa shape index (κ2) is 7.76. The smallest absolute Gasteiger partial charge is 0.0334 e. The molecule has 0 aromatic rings. The molecular weight excluding hydrogens is 240 g/mol. The molecule has 0 saturated heterocycles. The van der Waals surface area contributed by atoms with Crippen LogP contribution in [0.3, 0.4) is 0 Å². The molecule has 0 heterocycles. The molecule has 3 heteroatoms. The minimum absolute atomic E-state index is 0.273. The van der Waals surface area contributed by atoms with Crippen molar-refractivity contribution in [3.63, 3.8) is 0 Å². The highest BCUT2D eigenvalue weighted by atomic mass is 32.2. The van der Waals surface area contributed by atoms with E-state index >= 15 is 0 Å². The van der Waals surface area contributed by atoms with Crippen LogP contribution in [0.5, 0.6) is 0 Å². The molecule has 1 rings (SSSR count). The molecule has 0 aromatic carbocycles. The van der Waals surface area contributed by atoms with Crippen molar-refractivity contribution in [1.82, 2.24) is 4.90 Å². The molecule has 1 saturated carbocycles. The molecule has 108 valence electrons. The first kappa shape index (κ1) is 16.3. The SMILES string of the molecule is CCC1CCCC(CN)(N(C)C(CC)CSC)C1. The summed E-state index contributed by atoms with van der Waals surface area (Å²) in [5, 5.41) is 0. The van der Waals surface area contributed by atoms with Crippen LogP contribution in [0.1, 0.15) is 52.4 Å². The molecule has 0 radical (unpaired) electrons. The van der Waals surface area contributed by atoms with Gasteiger partial charge in [-0.05, 0) is 38.5 Å². The van der Waals surface area contributed by atoms with Crippen LogP contribution in [0.4, 0.5) is 0 Å². The van der Waals surface area contributed by atoms with Gasteiger partial charge in [0.15, 0.2) is 0 Å². The lowest BCUT2D eigenvalue weighted by Gasteiger charge is -2.49. The van der Waals surface area contributed by atoms with E-state index in [1.807, 2.05) is 11.8 Å². The van der Waals surface area contributed by atoms with E-state index in [0.717, 1.165) is 12.5 Å². The predicted molar refractivity (Wildman–Crippen MR) is 84.3 cm³/mol. The van der Waals surface area contributed by atoms with Crippen LogP contribution in [0, 0.1) is 5.92 Å². The van der Waals surface area contributed by atoms with Crippen molar-refractivity contribution in [2.45, 2.75) is 64.0 Å². The summed E-state index contributed by atoms with van der Waals surface area (Å²) in [5.41, 5.74) is 6.47. The van der Waals surface area contributed by atoms with Crippen molar-refractivity contribution in [1.29, 1.82) is 0 Å². The van der Waals surface area contributed by atoms with E-state index < -0.39 is 0 Å². The highest BCUT2D eigenvalue weighted by Crippen LogP contribution is 2.38. The highest BCUT2D eigenvalue weighted by Gasteiger charge is 2.40. The van der Waals surface area contributed by atoms with Gasteiger partial charge in [-0.25, -0.2) is 0 Å². The first-order chi connectivity index (χ1) is 8.63. The average Bonchev–Trinajstić information content (AvgIpc) is 2.43. The van der Waals surface area contributed by atoms with Crippen molar-refractivity contribution >= 4 is 11.8 Å². The molecule has 0 spiro atoms. The Bertz CT molecular complexity index is 235. The van der Waals surface area contributed by atoms with Gasteiger partial charge in [-0.15, -0.1) is 0 Å². The molecule has 2 nitrogen and oxygen atoms in total. The molecule has 1 aliphatic rings. The Morgan fingerprint density at radius 3 is 2.67 bits per heavy atom. The Labute approximate surface area is 118 Å². The number of rotatable bonds is 7. The number of hydrogen-bond donors (Lipinski definition) is 1. The fraction of sp³-hybridized carbons (Fsp3) is 1.00. The Morgan fingerprint density at radius 1 is 1.44 bits per heavy atom. The van der Waals surface area contributed by atoms with Gasteiger partial charge in [0.1, 0.15) is 0 Å². The number of thioether (sulfide) groups is 1. The monoisotopic (exact) mass is 272 g/mol. The van der Waals surface area contributed by atoms with Gasteiger partial charge >= 0.3 is 0 Å². The van der Waals surface area contributed by atoms with Crippen LogP contribution in [0.2, 0.25) is 0 Å². The van der Waals surface area contributed by atoms with Gasteiger partial charge in [-0.1, -0.05) is 33.1 Å². The maximum Gasteiger partial charge on any atom is 0.0334 e. The molecule has 18 heavy (non-hydrogen) atoms. The van der Waals surface area contributed by atoms with Gasteiger partial charge in [0.25, 0.3) is 0 Å². The Balaban J connectivity index is 2.78. The van der Waals surface area contributed by atoms with Gasteiger partial charge in [0.2, 0.25) is 0 Å². The van der Waals surface area contributed by atoms with E-state index in [0.29, 0.717) is 6.04 Å². The summed E-state index contributed by atoms with van der Waals surface area (Å²) in [6, 6.07) is 0.680. The molecule has 0 aliphatic heterocycles. The van der Waals surface area contributed by atoms with Crippen LogP contribution in [0.15, 0.2) is 0 Å². The Kier molecular flexibility index (Phi) is 7.04. The van der Waals surface area contributed by atoms with E-state index in [-0.39, 0.29) is 5.54 Å². The summed E-state index contributed by atoms with van der Waals surface area (Å²) in [5.74, 6) is 2.11. The zero-order valence-electron chi connectivity index (χ0n) is 12.7. The zero-order valence-corrected chi connectivity index (χ0v) is 13.6. The van der Waals surface area contributed by atoms with Crippen LogP contribution in [-0.2, 0) is 0 Å². The summed E-state index contributed by atoms with van der Waals surface area (Å²) >= 11 is 1.96. The third-order valence-electron chi connectivity index (χ3n) is 5.01. The third-order valence-corrected chi connectivity index (χ3v) is 5.72. The minimum Gasteiger partial charge on any atom is -0.329 e. The molecule has 0 amide bonds. The molecule has 3 atom stereocenters. The van der Waals surface area contributed by atoms with Gasteiger partial charge in [-0.2, -0.15) is 11.8 Å². The summed E-state index contributed by atoms with van der Waals surface area (Å²) in [4.78, 5) is 2.63. The number of nitrogens with zero attached hydrogens (tertiary/aromatic N) is 1. The van der Waals surface area contributed by atoms with Crippen LogP contribution < -0.4 is 5.73 Å². The molecule has 2 N–H and O–H groups in total. The topological polar surface area (TPSA) is 29.3 Å². The van der Waals surface area contributed by atoms with E-state index in [2.05, 4.69) is 32.1 Å². The maximum absolute atomic E-state index is 6.20. The lowest BCUT2D eigenvalue weighted by molar-refractivity contribution is 0.0288. The quantitative estimate of drug-likeness (QED) is 0.770. The average molecular weight is 273 g/mol. The van der Waals surface area contributed by atoms with E-state index in [1.165, 1.54) is 44.3 Å². The van der Waals surface area contributed by atoms with Crippen molar-refractivity contribution in [2.24, 2.45) is 11.7 Å². The van der Waals surface area contributed by atoms with E-state index in [4.69, 9.17) is 5.73 Å². The van der Waals surface area contributed by atoms with E-state index in [1.54, 1.807) is 0 Å². The number of nitrogens with two attached hydrogens (primary N) is 1. The zero-order chi connectivity index (χ0) is 13.6. The fourth-order valence-corrected chi connectivity index (χ4v) is 4.39. The molecule has 1 aliphatic carbocycles. The molecule has 0 bridgehead atoms. The first-order valence-electron chi connectivity index (χ1n) is 7.55. The van der Waals surface area contributed by atoms with Crippen LogP contribution in [-0.4, -0.2) is 42.1 Å². The van der Waals surface area contributed by atoms with Gasteiger partial charge in [0, 0.05) is 23.9 Å². The summed E-state index contributed by atoms with van der Waals surface area (Å²) in [6.07, 6.45) is 10.1. The standard InChI is InChI=1S/C15H32N2S/c1-5-13-8-7-9-15(10-13,12-16)17(3)14(6-2)11-18-4/h13-14H,5-12,16H2,1-4H3. The van der Waals surface area contributed by atoms with Gasteiger partial charge in [-0.3, -0.25) is 4.90 Å². The molecule has 3 unspecified atom stereocenters. The van der Waals surface area contributed by atoms with Crippen LogP contribution >= 0.6 is 11.8 Å². The second-order valence-corrected chi connectivity index (χ2v) is 6.84. The van der Waals surface area contributed by atoms with Gasteiger partial charge in [0.05, 0.1) is 0 Å².